The van der Waals surface area contributed by atoms with Gasteiger partial charge in [0.25, 0.3) is 5.97 Å². The Hall–Kier alpha value is 0.343. The molecule has 0 saturated carbocycles. The molecule has 1 atom stereocenters. The molecule has 1 unspecified atom stereocenters. The molecular formula is C7H13ClNO2Ru. The van der Waals surface area contributed by atoms with E-state index >= 15 is 0 Å². The van der Waals surface area contributed by atoms with E-state index in [0.29, 0.717) is 0 Å². The number of carboxylic acids is 1. The summed E-state index contributed by atoms with van der Waals surface area (Å²) in [5.41, 5.74) is 0. The molecule has 0 bridgehead atoms. The van der Waals surface area contributed by atoms with Gasteiger partial charge in [0.15, 0.2) is 0 Å². The zero-order chi connectivity index (χ0) is 8.69. The molecule has 1 heterocycles. The number of rotatable bonds is 1. The third-order valence-corrected chi connectivity index (χ3v) is 1.52. The van der Waals surface area contributed by atoms with Crippen LogP contribution in [0.25, 0.3) is 5.32 Å². The van der Waals surface area contributed by atoms with Gasteiger partial charge in [0.1, 0.15) is 0 Å². The maximum absolute atomic E-state index is 10.3. The van der Waals surface area contributed by atoms with E-state index < -0.39 is 12.0 Å². The second kappa shape index (κ2) is 9.43. The Bertz CT molecular complexity index is 118. The van der Waals surface area contributed by atoms with Crippen LogP contribution in [-0.2, 0) is 22.1 Å². The van der Waals surface area contributed by atoms with Gasteiger partial charge in [-0.2, -0.15) is 0 Å². The quantitative estimate of drug-likeness (QED) is 0.590. The Morgan fingerprint density at radius 1 is 1.50 bits per heavy atom. The number of carbonyl (C=O) groups is 1. The summed E-state index contributed by atoms with van der Waals surface area (Å²) in [5, 5.41) is 12.4. The van der Waals surface area contributed by atoms with Gasteiger partial charge in [-0.25, -0.2) is 0 Å². The molecule has 73 valence electrons. The molecule has 1 rings (SSSR count). The fourth-order valence-corrected chi connectivity index (χ4v) is 0.989. The molecule has 1 aliphatic rings. The van der Waals surface area contributed by atoms with Crippen molar-refractivity contribution in [3.63, 3.8) is 0 Å². The summed E-state index contributed by atoms with van der Waals surface area (Å²) in [6.07, 6.45) is 2.81. The van der Waals surface area contributed by atoms with Crippen molar-refractivity contribution in [3.05, 3.63) is 12.7 Å². The van der Waals surface area contributed by atoms with Crippen molar-refractivity contribution in [1.82, 2.24) is 0 Å². The number of aliphatic carboxylic acids is 1. The van der Waals surface area contributed by atoms with Crippen LogP contribution in [0.5, 0.6) is 0 Å². The average Bonchev–Trinajstić information content (AvgIpc) is 2.10. The number of hydrogen-bond acceptors (Lipinski definition) is 1. The van der Waals surface area contributed by atoms with Crippen LogP contribution in [0.15, 0.2) is 0 Å². The minimum atomic E-state index is -0.769. The average molecular weight is 280 g/mol. The first-order valence-corrected chi connectivity index (χ1v) is 5.57. The van der Waals surface area contributed by atoms with E-state index in [4.69, 9.17) is 5.11 Å². The molecule has 5 heteroatoms. The van der Waals surface area contributed by atoms with E-state index in [1.54, 1.807) is 0 Å². The Morgan fingerprint density at radius 2 is 2.08 bits per heavy atom. The Morgan fingerprint density at radius 3 is 2.33 bits per heavy atom. The molecule has 0 aromatic carbocycles. The zero-order valence-electron chi connectivity index (χ0n) is 6.94. The summed E-state index contributed by atoms with van der Waals surface area (Å²) in [6.45, 7) is 0.733. The first-order valence-electron chi connectivity index (χ1n) is 3.33. The van der Waals surface area contributed by atoms with Crippen molar-refractivity contribution in [2.45, 2.75) is 25.3 Å². The van der Waals surface area contributed by atoms with Crippen molar-refractivity contribution in [2.75, 3.05) is 6.54 Å². The molecule has 0 amide bonds. The van der Waals surface area contributed by atoms with Crippen LogP contribution in [0.1, 0.15) is 19.3 Å². The van der Waals surface area contributed by atoms with Crippen molar-refractivity contribution < 1.29 is 27.2 Å². The van der Waals surface area contributed by atoms with Gasteiger partial charge in [-0.1, -0.05) is 19.3 Å². The van der Waals surface area contributed by atoms with Crippen LogP contribution >= 0.6 is 9.69 Å². The normalized spacial score (nSPS) is 21.2. The first kappa shape index (κ1) is 14.8. The molecule has 12 heavy (non-hydrogen) atoms. The molecular weight excluding hydrogens is 267 g/mol. The molecule has 1 saturated heterocycles. The monoisotopic (exact) mass is 280 g/mol. The van der Waals surface area contributed by atoms with Gasteiger partial charge in [-0.15, -0.1) is 6.54 Å². The van der Waals surface area contributed by atoms with E-state index in [1.807, 2.05) is 17.3 Å². The standard InChI is InChI=1S/C6H10NO2.CH3.ClH.Ru/c8-6(9)5-3-1-2-4-7-5;;;/h5H,1-4H2,(H,8,9);1H3;1H;/q2*-1;;+3/p-1. The second-order valence-corrected chi connectivity index (χ2v) is 2.26. The Balaban J connectivity index is 0. The van der Waals surface area contributed by atoms with Crippen molar-refractivity contribution in [2.24, 2.45) is 0 Å². The zero-order valence-corrected chi connectivity index (χ0v) is 9.43. The van der Waals surface area contributed by atoms with Gasteiger partial charge in [0.05, 0.1) is 0 Å². The number of carboxylic acid groups (broad SMARTS) is 1. The third-order valence-electron chi connectivity index (χ3n) is 1.52. The fourth-order valence-electron chi connectivity index (χ4n) is 0.989. The van der Waals surface area contributed by atoms with Gasteiger partial charge < -0.3 is 17.8 Å². The topological polar surface area (TPSA) is 51.4 Å². The third kappa shape index (κ3) is 5.93. The first-order chi connectivity index (χ1) is 5.30. The number of hydrogen-bond donors (Lipinski definition) is 1. The molecule has 1 fully saturated rings. The number of halogens is 1. The number of piperidine rings is 1. The summed E-state index contributed by atoms with van der Waals surface area (Å²) in [7, 11) is 4.57. The molecule has 1 aliphatic heterocycles. The SMILES string of the molecule is O=C(O)C1CCCC[N-]1.[CH3-].[Cl][Ru+2]. The van der Waals surface area contributed by atoms with Crippen molar-refractivity contribution >= 4 is 15.7 Å². The maximum atomic E-state index is 10.3. The molecule has 0 aliphatic carbocycles. The van der Waals surface area contributed by atoms with Crippen molar-refractivity contribution in [3.8, 4) is 0 Å². The van der Waals surface area contributed by atoms with Crippen LogP contribution in [0.4, 0.5) is 0 Å². The molecule has 0 spiro atoms. The van der Waals surface area contributed by atoms with Gasteiger partial charge in [-0.3, -0.25) is 4.79 Å². The van der Waals surface area contributed by atoms with E-state index in [-0.39, 0.29) is 7.43 Å². The van der Waals surface area contributed by atoms with E-state index in [1.165, 1.54) is 0 Å². The van der Waals surface area contributed by atoms with Crippen LogP contribution in [0.2, 0.25) is 0 Å². The molecule has 0 radical (unpaired) electrons. The van der Waals surface area contributed by atoms with E-state index in [0.717, 1.165) is 25.8 Å². The Labute approximate surface area is 87.6 Å². The number of nitrogens with zero attached hydrogens (tertiary/aromatic N) is 1. The van der Waals surface area contributed by atoms with Crippen LogP contribution in [0, 0.1) is 7.43 Å². The van der Waals surface area contributed by atoms with Crippen LogP contribution < -0.4 is 0 Å². The summed E-state index contributed by atoms with van der Waals surface area (Å²) < 4.78 is 0. The molecule has 1 N–H and O–H groups in total. The predicted octanol–water partition coefficient (Wildman–Crippen LogP) is 2.13. The minimum absolute atomic E-state index is 0. The molecule has 3 nitrogen and oxygen atoms in total. The summed E-state index contributed by atoms with van der Waals surface area (Å²) in [4.78, 5) is 10.3. The predicted molar refractivity (Wildman–Crippen MR) is 45.8 cm³/mol. The van der Waals surface area contributed by atoms with E-state index in [2.05, 4.69) is 15.0 Å². The molecule has 0 aromatic heterocycles. The van der Waals surface area contributed by atoms with Crippen molar-refractivity contribution in [1.29, 1.82) is 0 Å². The Kier molecular flexibility index (Phi) is 11.7. The summed E-state index contributed by atoms with van der Waals surface area (Å²) in [6, 6.07) is -0.404. The summed E-state index contributed by atoms with van der Waals surface area (Å²) in [5.74, 6) is -0.769. The van der Waals surface area contributed by atoms with Gasteiger partial charge >= 0.3 is 27.0 Å². The van der Waals surface area contributed by atoms with Gasteiger partial charge in [0, 0.05) is 0 Å². The van der Waals surface area contributed by atoms with Gasteiger partial charge in [-0.05, 0) is 6.04 Å². The second-order valence-electron chi connectivity index (χ2n) is 2.26. The molecule has 0 aromatic rings. The van der Waals surface area contributed by atoms with Crippen LogP contribution in [-0.4, -0.2) is 23.7 Å². The van der Waals surface area contributed by atoms with Crippen LogP contribution in [0.3, 0.4) is 0 Å². The summed E-state index contributed by atoms with van der Waals surface area (Å²) >= 11 is 1.82. The van der Waals surface area contributed by atoms with E-state index in [9.17, 15) is 4.79 Å². The fraction of sp³-hybridized carbons (Fsp3) is 0.714. The van der Waals surface area contributed by atoms with Gasteiger partial charge in [0.2, 0.25) is 0 Å².